The number of aromatic nitrogens is 3. The SMILES string of the molecule is CCn1ncnc1CN1CCCC2(CCCN(Cc3ccccc3)C2)C1. The minimum absolute atomic E-state index is 0.461. The molecular formula is C21H31N5. The Morgan fingerprint density at radius 1 is 0.962 bits per heavy atom. The smallest absolute Gasteiger partial charge is 0.140 e. The van der Waals surface area contributed by atoms with Crippen molar-refractivity contribution in [2.75, 3.05) is 26.2 Å². The monoisotopic (exact) mass is 353 g/mol. The standard InChI is InChI=1S/C21H31N5/c1-2-26-20(22-18-23-26)15-25-13-7-11-21(17-25)10-6-12-24(16-21)14-19-8-4-3-5-9-19/h3-5,8-9,18H,2,6-7,10-17H2,1H3. The summed E-state index contributed by atoms with van der Waals surface area (Å²) < 4.78 is 2.03. The van der Waals surface area contributed by atoms with E-state index in [1.165, 1.54) is 57.4 Å². The minimum atomic E-state index is 0.461. The van der Waals surface area contributed by atoms with E-state index in [1.807, 2.05) is 4.68 Å². The highest BCUT2D eigenvalue weighted by molar-refractivity contribution is 5.14. The van der Waals surface area contributed by atoms with Crippen molar-refractivity contribution in [1.29, 1.82) is 0 Å². The fourth-order valence-electron chi connectivity index (χ4n) is 4.94. The van der Waals surface area contributed by atoms with Gasteiger partial charge in [0.15, 0.2) is 0 Å². The first-order valence-electron chi connectivity index (χ1n) is 10.1. The first-order chi connectivity index (χ1) is 12.8. The summed E-state index contributed by atoms with van der Waals surface area (Å²) in [5.74, 6) is 1.11. The van der Waals surface area contributed by atoms with Gasteiger partial charge in [-0.05, 0) is 56.7 Å². The number of aryl methyl sites for hydroxylation is 1. The van der Waals surface area contributed by atoms with Gasteiger partial charge >= 0.3 is 0 Å². The van der Waals surface area contributed by atoms with Gasteiger partial charge in [0.2, 0.25) is 0 Å². The molecule has 1 aromatic carbocycles. The fraction of sp³-hybridized carbons (Fsp3) is 0.619. The zero-order valence-corrected chi connectivity index (χ0v) is 16.0. The molecule has 2 aliphatic rings. The van der Waals surface area contributed by atoms with Gasteiger partial charge in [-0.1, -0.05) is 30.3 Å². The average molecular weight is 354 g/mol. The van der Waals surface area contributed by atoms with E-state index >= 15 is 0 Å². The number of benzene rings is 1. The van der Waals surface area contributed by atoms with Crippen molar-refractivity contribution < 1.29 is 0 Å². The van der Waals surface area contributed by atoms with Gasteiger partial charge in [-0.25, -0.2) is 9.67 Å². The molecule has 0 N–H and O–H groups in total. The van der Waals surface area contributed by atoms with Gasteiger partial charge in [0, 0.05) is 26.2 Å². The van der Waals surface area contributed by atoms with Gasteiger partial charge in [-0.2, -0.15) is 5.10 Å². The van der Waals surface area contributed by atoms with E-state index in [-0.39, 0.29) is 0 Å². The van der Waals surface area contributed by atoms with Crippen LogP contribution in [-0.4, -0.2) is 50.7 Å². The van der Waals surface area contributed by atoms with E-state index in [2.05, 4.69) is 57.1 Å². The summed E-state index contributed by atoms with van der Waals surface area (Å²) in [4.78, 5) is 9.78. The maximum Gasteiger partial charge on any atom is 0.140 e. The van der Waals surface area contributed by atoms with Crippen LogP contribution < -0.4 is 0 Å². The third-order valence-electron chi connectivity index (χ3n) is 6.09. The van der Waals surface area contributed by atoms with E-state index in [0.717, 1.165) is 25.5 Å². The molecule has 26 heavy (non-hydrogen) atoms. The molecule has 0 radical (unpaired) electrons. The lowest BCUT2D eigenvalue weighted by molar-refractivity contribution is 0.00651. The van der Waals surface area contributed by atoms with E-state index in [9.17, 15) is 0 Å². The molecule has 4 rings (SSSR count). The summed E-state index contributed by atoms with van der Waals surface area (Å²) in [5, 5.41) is 4.33. The van der Waals surface area contributed by atoms with Gasteiger partial charge in [0.05, 0.1) is 6.54 Å². The Morgan fingerprint density at radius 3 is 2.35 bits per heavy atom. The second-order valence-electron chi connectivity index (χ2n) is 8.11. The van der Waals surface area contributed by atoms with Gasteiger partial charge in [-0.3, -0.25) is 9.80 Å². The molecule has 0 saturated carbocycles. The van der Waals surface area contributed by atoms with E-state index < -0.39 is 0 Å². The van der Waals surface area contributed by atoms with E-state index in [4.69, 9.17) is 0 Å². The average Bonchev–Trinajstić information content (AvgIpc) is 3.10. The predicted molar refractivity (Wildman–Crippen MR) is 104 cm³/mol. The Bertz CT molecular complexity index is 693. The first kappa shape index (κ1) is 17.7. The lowest BCUT2D eigenvalue weighted by Gasteiger charge is -2.48. The molecule has 2 aromatic rings. The largest absolute Gasteiger partial charge is 0.298 e. The molecule has 2 saturated heterocycles. The zero-order valence-electron chi connectivity index (χ0n) is 16.0. The fourth-order valence-corrected chi connectivity index (χ4v) is 4.94. The van der Waals surface area contributed by atoms with Gasteiger partial charge in [0.25, 0.3) is 0 Å². The minimum Gasteiger partial charge on any atom is -0.298 e. The van der Waals surface area contributed by atoms with Crippen LogP contribution in [0.15, 0.2) is 36.7 Å². The molecule has 5 heteroatoms. The zero-order chi connectivity index (χ0) is 17.8. The molecule has 2 aliphatic heterocycles. The highest BCUT2D eigenvalue weighted by atomic mass is 15.3. The second kappa shape index (κ2) is 7.89. The number of hydrogen-bond donors (Lipinski definition) is 0. The number of nitrogens with zero attached hydrogens (tertiary/aromatic N) is 5. The van der Waals surface area contributed by atoms with Crippen molar-refractivity contribution in [2.24, 2.45) is 5.41 Å². The van der Waals surface area contributed by atoms with Crippen molar-refractivity contribution >= 4 is 0 Å². The van der Waals surface area contributed by atoms with Crippen LogP contribution >= 0.6 is 0 Å². The molecule has 140 valence electrons. The van der Waals surface area contributed by atoms with Crippen molar-refractivity contribution in [3.05, 3.63) is 48.0 Å². The third-order valence-corrected chi connectivity index (χ3v) is 6.09. The molecule has 0 aliphatic carbocycles. The maximum atomic E-state index is 4.49. The van der Waals surface area contributed by atoms with Crippen LogP contribution in [0.5, 0.6) is 0 Å². The van der Waals surface area contributed by atoms with E-state index in [1.54, 1.807) is 6.33 Å². The van der Waals surface area contributed by atoms with Crippen LogP contribution in [0.25, 0.3) is 0 Å². The summed E-state index contributed by atoms with van der Waals surface area (Å²) in [6, 6.07) is 10.9. The lowest BCUT2D eigenvalue weighted by atomic mass is 9.73. The summed E-state index contributed by atoms with van der Waals surface area (Å²) >= 11 is 0. The highest BCUT2D eigenvalue weighted by Gasteiger charge is 2.39. The van der Waals surface area contributed by atoms with Gasteiger partial charge < -0.3 is 0 Å². The quantitative estimate of drug-likeness (QED) is 0.827. The van der Waals surface area contributed by atoms with Crippen LogP contribution in [0, 0.1) is 5.41 Å². The summed E-state index contributed by atoms with van der Waals surface area (Å²) in [6.07, 6.45) is 7.07. The van der Waals surface area contributed by atoms with Crippen LogP contribution in [0.3, 0.4) is 0 Å². The number of hydrogen-bond acceptors (Lipinski definition) is 4. The molecule has 1 atom stereocenters. The van der Waals surface area contributed by atoms with Gasteiger partial charge in [0.1, 0.15) is 12.2 Å². The summed E-state index contributed by atoms with van der Waals surface area (Å²) in [7, 11) is 0. The Kier molecular flexibility index (Phi) is 5.36. The molecule has 0 amide bonds. The molecule has 1 aromatic heterocycles. The van der Waals surface area contributed by atoms with Crippen molar-refractivity contribution in [3.63, 3.8) is 0 Å². The Hall–Kier alpha value is -1.72. The first-order valence-corrected chi connectivity index (χ1v) is 10.1. The Balaban J connectivity index is 1.40. The van der Waals surface area contributed by atoms with Crippen LogP contribution in [-0.2, 0) is 19.6 Å². The molecule has 1 unspecified atom stereocenters. The van der Waals surface area contributed by atoms with Crippen molar-refractivity contribution in [1.82, 2.24) is 24.6 Å². The predicted octanol–water partition coefficient (Wildman–Crippen LogP) is 3.18. The molecule has 1 spiro atoms. The Labute approximate surface area is 157 Å². The van der Waals surface area contributed by atoms with Crippen molar-refractivity contribution in [2.45, 2.75) is 52.2 Å². The number of likely N-dealkylation sites (tertiary alicyclic amines) is 2. The second-order valence-corrected chi connectivity index (χ2v) is 8.11. The van der Waals surface area contributed by atoms with Gasteiger partial charge in [-0.15, -0.1) is 0 Å². The third kappa shape index (κ3) is 3.99. The summed E-state index contributed by atoms with van der Waals surface area (Å²) in [5.41, 5.74) is 1.90. The van der Waals surface area contributed by atoms with Crippen molar-refractivity contribution in [3.8, 4) is 0 Å². The molecule has 2 fully saturated rings. The normalized spacial score (nSPS) is 25.0. The topological polar surface area (TPSA) is 37.2 Å². The molecule has 0 bridgehead atoms. The lowest BCUT2D eigenvalue weighted by Crippen LogP contribution is -2.52. The van der Waals surface area contributed by atoms with Crippen LogP contribution in [0.1, 0.15) is 44.0 Å². The summed E-state index contributed by atoms with van der Waals surface area (Å²) in [6.45, 7) is 9.93. The molecular weight excluding hydrogens is 322 g/mol. The highest BCUT2D eigenvalue weighted by Crippen LogP contribution is 2.39. The van der Waals surface area contributed by atoms with E-state index in [0.29, 0.717) is 5.41 Å². The van der Waals surface area contributed by atoms with Crippen LogP contribution in [0.4, 0.5) is 0 Å². The number of rotatable bonds is 5. The molecule has 3 heterocycles. The molecule has 5 nitrogen and oxygen atoms in total. The Morgan fingerprint density at radius 2 is 1.65 bits per heavy atom. The maximum absolute atomic E-state index is 4.49. The number of piperidine rings is 2. The van der Waals surface area contributed by atoms with Crippen LogP contribution in [0.2, 0.25) is 0 Å².